The van der Waals surface area contributed by atoms with Crippen molar-refractivity contribution in [1.29, 1.82) is 0 Å². The topological polar surface area (TPSA) is 18.5 Å². The van der Waals surface area contributed by atoms with Gasteiger partial charge in [0, 0.05) is 25.7 Å². The molecule has 1 aromatic rings. The summed E-state index contributed by atoms with van der Waals surface area (Å²) in [6, 6.07) is 7.61. The van der Waals surface area contributed by atoms with Crippen molar-refractivity contribution in [3.8, 4) is 0 Å². The van der Waals surface area contributed by atoms with E-state index in [-0.39, 0.29) is 6.29 Å². The van der Waals surface area contributed by atoms with E-state index in [0.717, 1.165) is 11.1 Å². The lowest BCUT2D eigenvalue weighted by Gasteiger charge is -2.15. The van der Waals surface area contributed by atoms with Gasteiger partial charge in [0.2, 0.25) is 0 Å². The first-order valence-electron chi connectivity index (χ1n) is 4.67. The minimum absolute atomic E-state index is 0.270. The fourth-order valence-corrected chi connectivity index (χ4v) is 1.59. The van der Waals surface area contributed by atoms with Crippen LogP contribution in [0.1, 0.15) is 12.0 Å². The van der Waals surface area contributed by atoms with Gasteiger partial charge in [0.1, 0.15) is 0 Å². The average Bonchev–Trinajstić information content (AvgIpc) is 2.26. The number of hydrogen-bond acceptors (Lipinski definition) is 2. The van der Waals surface area contributed by atoms with Gasteiger partial charge < -0.3 is 9.47 Å². The molecular formula is C12H15ClO2. The third kappa shape index (κ3) is 3.34. The van der Waals surface area contributed by atoms with Gasteiger partial charge in [0.15, 0.2) is 6.29 Å². The second-order valence-corrected chi connectivity index (χ2v) is 3.60. The van der Waals surface area contributed by atoms with Gasteiger partial charge >= 0.3 is 0 Å². The molecule has 0 unspecified atom stereocenters. The molecule has 3 heteroatoms. The van der Waals surface area contributed by atoms with Crippen molar-refractivity contribution in [2.24, 2.45) is 0 Å². The maximum absolute atomic E-state index is 6.05. The summed E-state index contributed by atoms with van der Waals surface area (Å²) in [5.74, 6) is 0. The molecule has 0 saturated heterocycles. The number of hydrogen-bond donors (Lipinski definition) is 0. The fourth-order valence-electron chi connectivity index (χ4n) is 1.32. The Bertz CT molecular complexity index is 332. The highest BCUT2D eigenvalue weighted by molar-refractivity contribution is 6.32. The molecular weight excluding hydrogens is 212 g/mol. The van der Waals surface area contributed by atoms with E-state index < -0.39 is 0 Å². The SMILES string of the molecule is C=C(CC(OC)OC)c1ccccc1Cl. The first kappa shape index (κ1) is 12.2. The van der Waals surface area contributed by atoms with Crippen molar-refractivity contribution < 1.29 is 9.47 Å². The van der Waals surface area contributed by atoms with Crippen LogP contribution in [0.3, 0.4) is 0 Å². The van der Waals surface area contributed by atoms with Crippen LogP contribution >= 0.6 is 11.6 Å². The number of methoxy groups -OCH3 is 2. The summed E-state index contributed by atoms with van der Waals surface area (Å²) in [4.78, 5) is 0. The van der Waals surface area contributed by atoms with Crippen molar-refractivity contribution in [1.82, 2.24) is 0 Å². The molecule has 0 amide bonds. The normalized spacial score (nSPS) is 10.7. The van der Waals surface area contributed by atoms with Crippen molar-refractivity contribution >= 4 is 17.2 Å². The average molecular weight is 227 g/mol. The zero-order valence-electron chi connectivity index (χ0n) is 9.00. The van der Waals surface area contributed by atoms with E-state index in [1.54, 1.807) is 14.2 Å². The van der Waals surface area contributed by atoms with Gasteiger partial charge in [-0.15, -0.1) is 0 Å². The van der Waals surface area contributed by atoms with Crippen molar-refractivity contribution in [3.63, 3.8) is 0 Å². The smallest absolute Gasteiger partial charge is 0.160 e. The molecule has 0 aliphatic rings. The van der Waals surface area contributed by atoms with Crippen molar-refractivity contribution in [2.75, 3.05) is 14.2 Å². The van der Waals surface area contributed by atoms with Crippen LogP contribution in [0.15, 0.2) is 30.8 Å². The minimum Gasteiger partial charge on any atom is -0.356 e. The predicted molar refractivity (Wildman–Crippen MR) is 62.9 cm³/mol. The maximum atomic E-state index is 6.05. The second kappa shape index (κ2) is 5.91. The zero-order chi connectivity index (χ0) is 11.3. The Morgan fingerprint density at radius 3 is 2.47 bits per heavy atom. The Labute approximate surface area is 95.5 Å². The van der Waals surface area contributed by atoms with Gasteiger partial charge in [-0.1, -0.05) is 36.4 Å². The van der Waals surface area contributed by atoms with Crippen molar-refractivity contribution in [2.45, 2.75) is 12.7 Å². The van der Waals surface area contributed by atoms with Gasteiger partial charge in [-0.3, -0.25) is 0 Å². The van der Waals surface area contributed by atoms with Crippen LogP contribution in [-0.2, 0) is 9.47 Å². The Morgan fingerprint density at radius 1 is 1.33 bits per heavy atom. The van der Waals surface area contributed by atoms with Gasteiger partial charge in [-0.25, -0.2) is 0 Å². The maximum Gasteiger partial charge on any atom is 0.160 e. The zero-order valence-corrected chi connectivity index (χ0v) is 9.75. The highest BCUT2D eigenvalue weighted by atomic mass is 35.5. The lowest BCUT2D eigenvalue weighted by Crippen LogP contribution is -2.13. The second-order valence-electron chi connectivity index (χ2n) is 3.19. The van der Waals surface area contributed by atoms with E-state index in [4.69, 9.17) is 21.1 Å². The molecule has 0 aliphatic carbocycles. The standard InChI is InChI=1S/C12H15ClO2/c1-9(8-12(14-2)15-3)10-6-4-5-7-11(10)13/h4-7,12H,1,8H2,2-3H3. The third-order valence-electron chi connectivity index (χ3n) is 2.19. The van der Waals surface area contributed by atoms with Gasteiger partial charge in [0.25, 0.3) is 0 Å². The molecule has 0 heterocycles. The molecule has 82 valence electrons. The molecule has 0 N–H and O–H groups in total. The van der Waals surface area contributed by atoms with Crippen molar-refractivity contribution in [3.05, 3.63) is 41.4 Å². The molecule has 0 saturated carbocycles. The predicted octanol–water partition coefficient (Wildman–Crippen LogP) is 3.36. The van der Waals surface area contributed by atoms with E-state index in [2.05, 4.69) is 6.58 Å². The molecule has 0 fully saturated rings. The summed E-state index contributed by atoms with van der Waals surface area (Å²) in [6.45, 7) is 3.98. The fraction of sp³-hybridized carbons (Fsp3) is 0.333. The quantitative estimate of drug-likeness (QED) is 0.717. The van der Waals surface area contributed by atoms with Crippen LogP contribution in [0.5, 0.6) is 0 Å². The van der Waals surface area contributed by atoms with Crippen LogP contribution in [-0.4, -0.2) is 20.5 Å². The first-order valence-corrected chi connectivity index (χ1v) is 5.05. The first-order chi connectivity index (χ1) is 7.19. The van der Waals surface area contributed by atoms with E-state index in [9.17, 15) is 0 Å². The summed E-state index contributed by atoms with van der Waals surface area (Å²) in [5, 5.41) is 0.702. The number of halogens is 1. The van der Waals surface area contributed by atoms with E-state index in [0.29, 0.717) is 11.4 Å². The highest BCUT2D eigenvalue weighted by Crippen LogP contribution is 2.26. The molecule has 15 heavy (non-hydrogen) atoms. The van der Waals surface area contributed by atoms with Crippen LogP contribution in [0.4, 0.5) is 0 Å². The minimum atomic E-state index is -0.270. The molecule has 0 aromatic heterocycles. The largest absolute Gasteiger partial charge is 0.356 e. The van der Waals surface area contributed by atoms with Crippen LogP contribution in [0.2, 0.25) is 5.02 Å². The Balaban J connectivity index is 2.73. The Kier molecular flexibility index (Phi) is 4.82. The molecule has 0 atom stereocenters. The summed E-state index contributed by atoms with van der Waals surface area (Å²) >= 11 is 6.05. The number of ether oxygens (including phenoxy) is 2. The Morgan fingerprint density at radius 2 is 1.93 bits per heavy atom. The summed E-state index contributed by atoms with van der Waals surface area (Å²) in [7, 11) is 3.21. The molecule has 0 bridgehead atoms. The molecule has 0 radical (unpaired) electrons. The lowest BCUT2D eigenvalue weighted by atomic mass is 10.0. The summed E-state index contributed by atoms with van der Waals surface area (Å²) < 4.78 is 10.2. The number of rotatable bonds is 5. The summed E-state index contributed by atoms with van der Waals surface area (Å²) in [6.07, 6.45) is 0.338. The van der Waals surface area contributed by atoms with Gasteiger partial charge in [0.05, 0.1) is 0 Å². The molecule has 0 spiro atoms. The molecule has 2 nitrogen and oxygen atoms in total. The van der Waals surface area contributed by atoms with Gasteiger partial charge in [-0.05, 0) is 17.2 Å². The monoisotopic (exact) mass is 226 g/mol. The molecule has 1 rings (SSSR count). The van der Waals surface area contributed by atoms with E-state index in [1.807, 2.05) is 24.3 Å². The van der Waals surface area contributed by atoms with Crippen LogP contribution < -0.4 is 0 Å². The Hall–Kier alpha value is -0.830. The number of benzene rings is 1. The summed E-state index contributed by atoms with van der Waals surface area (Å²) in [5.41, 5.74) is 1.85. The van der Waals surface area contributed by atoms with E-state index in [1.165, 1.54) is 0 Å². The highest BCUT2D eigenvalue weighted by Gasteiger charge is 2.10. The molecule has 0 aliphatic heterocycles. The van der Waals surface area contributed by atoms with E-state index >= 15 is 0 Å². The van der Waals surface area contributed by atoms with Gasteiger partial charge in [-0.2, -0.15) is 0 Å². The van der Waals surface area contributed by atoms with Crippen LogP contribution in [0, 0.1) is 0 Å². The van der Waals surface area contributed by atoms with Crippen LogP contribution in [0.25, 0.3) is 5.57 Å². The lowest BCUT2D eigenvalue weighted by molar-refractivity contribution is -0.0971. The molecule has 1 aromatic carbocycles. The third-order valence-corrected chi connectivity index (χ3v) is 2.52.